The fraction of sp³-hybridized carbons (Fsp3) is 0.333. The molecule has 7 nitrogen and oxygen atoms in total. The Morgan fingerprint density at radius 1 is 1.13 bits per heavy atom. The van der Waals surface area contributed by atoms with Gasteiger partial charge in [-0.1, -0.05) is 12.1 Å². The number of alkyl halides is 3. The molecular formula is C21H21F3N2O5. The van der Waals surface area contributed by atoms with E-state index in [1.54, 1.807) is 0 Å². The third-order valence-electron chi connectivity index (χ3n) is 4.66. The van der Waals surface area contributed by atoms with Crippen molar-refractivity contribution in [2.45, 2.75) is 18.9 Å². The number of rotatable bonds is 5. The van der Waals surface area contributed by atoms with Crippen molar-refractivity contribution in [1.29, 1.82) is 0 Å². The number of phenols is 1. The highest BCUT2D eigenvalue weighted by Gasteiger charge is 2.30. The van der Waals surface area contributed by atoms with E-state index >= 15 is 0 Å². The van der Waals surface area contributed by atoms with Crippen LogP contribution in [0.5, 0.6) is 5.75 Å². The lowest BCUT2D eigenvalue weighted by molar-refractivity contribution is -0.137. The van der Waals surface area contributed by atoms with E-state index in [2.05, 4.69) is 5.32 Å². The third kappa shape index (κ3) is 6.35. The SMILES string of the molecule is O=C(NCC1CN(C(=O)OCc2ccc(C(F)(F)F)cc2)CCO1)c1ccc(O)cc1. The molecule has 10 heteroatoms. The van der Waals surface area contributed by atoms with Gasteiger partial charge in [0.15, 0.2) is 0 Å². The first-order valence-corrected chi connectivity index (χ1v) is 9.49. The second-order valence-electron chi connectivity index (χ2n) is 6.94. The first-order valence-electron chi connectivity index (χ1n) is 9.49. The average molecular weight is 438 g/mol. The van der Waals surface area contributed by atoms with E-state index in [9.17, 15) is 27.9 Å². The number of ether oxygens (including phenoxy) is 2. The lowest BCUT2D eigenvalue weighted by atomic mass is 10.1. The summed E-state index contributed by atoms with van der Waals surface area (Å²) in [5.41, 5.74) is 0.0432. The molecule has 0 aromatic heterocycles. The molecule has 0 bridgehead atoms. The van der Waals surface area contributed by atoms with Crippen molar-refractivity contribution in [1.82, 2.24) is 10.2 Å². The van der Waals surface area contributed by atoms with Crippen LogP contribution in [0.1, 0.15) is 21.5 Å². The predicted molar refractivity (Wildman–Crippen MR) is 103 cm³/mol. The Morgan fingerprint density at radius 3 is 2.45 bits per heavy atom. The first kappa shape index (κ1) is 22.4. The average Bonchev–Trinajstić information content (AvgIpc) is 2.76. The van der Waals surface area contributed by atoms with Crippen molar-refractivity contribution in [3.8, 4) is 5.75 Å². The molecule has 2 aromatic rings. The van der Waals surface area contributed by atoms with Gasteiger partial charge in [0.05, 0.1) is 24.8 Å². The Labute approximate surface area is 176 Å². The highest BCUT2D eigenvalue weighted by Crippen LogP contribution is 2.29. The summed E-state index contributed by atoms with van der Waals surface area (Å²) in [6.07, 6.45) is -5.47. The second kappa shape index (κ2) is 9.69. The van der Waals surface area contributed by atoms with Crippen LogP contribution in [0, 0.1) is 0 Å². The van der Waals surface area contributed by atoms with Crippen LogP contribution in [0.4, 0.5) is 18.0 Å². The van der Waals surface area contributed by atoms with E-state index in [4.69, 9.17) is 9.47 Å². The lowest BCUT2D eigenvalue weighted by Crippen LogP contribution is -2.49. The molecule has 2 N–H and O–H groups in total. The molecule has 0 saturated carbocycles. The fourth-order valence-corrected chi connectivity index (χ4v) is 2.96. The van der Waals surface area contributed by atoms with E-state index in [0.717, 1.165) is 12.1 Å². The zero-order valence-corrected chi connectivity index (χ0v) is 16.4. The number of aromatic hydroxyl groups is 1. The standard InChI is InChI=1S/C21H21F3N2O5/c22-21(23,24)16-5-1-14(2-6-16)13-31-20(29)26-9-10-30-18(12-26)11-25-19(28)15-3-7-17(27)8-4-15/h1-8,18,27H,9-13H2,(H,25,28). The summed E-state index contributed by atoms with van der Waals surface area (Å²) in [4.78, 5) is 25.8. The maximum atomic E-state index is 12.6. The van der Waals surface area contributed by atoms with Crippen LogP contribution >= 0.6 is 0 Å². The summed E-state index contributed by atoms with van der Waals surface area (Å²) in [7, 11) is 0. The molecule has 0 aliphatic carbocycles. The summed E-state index contributed by atoms with van der Waals surface area (Å²) in [5, 5.41) is 12.0. The van der Waals surface area contributed by atoms with Crippen LogP contribution in [0.2, 0.25) is 0 Å². The van der Waals surface area contributed by atoms with Crippen LogP contribution in [0.25, 0.3) is 0 Å². The normalized spacial score (nSPS) is 16.6. The van der Waals surface area contributed by atoms with Gasteiger partial charge in [0.1, 0.15) is 12.4 Å². The number of phenolic OH excluding ortho intramolecular Hbond substituents is 1. The topological polar surface area (TPSA) is 88.1 Å². The van der Waals surface area contributed by atoms with Crippen molar-refractivity contribution < 1.29 is 37.3 Å². The molecule has 1 aliphatic heterocycles. The molecular weight excluding hydrogens is 417 g/mol. The Hall–Kier alpha value is -3.27. The number of halogens is 3. The molecule has 1 unspecified atom stereocenters. The first-order chi connectivity index (χ1) is 14.7. The number of hydrogen-bond donors (Lipinski definition) is 2. The van der Waals surface area contributed by atoms with Crippen molar-refractivity contribution in [2.24, 2.45) is 0 Å². The van der Waals surface area contributed by atoms with Gasteiger partial charge in [-0.3, -0.25) is 4.79 Å². The summed E-state index contributed by atoms with van der Waals surface area (Å²) in [6.45, 7) is 0.768. The number of hydrogen-bond acceptors (Lipinski definition) is 5. The molecule has 2 amide bonds. The minimum Gasteiger partial charge on any atom is -0.508 e. The van der Waals surface area contributed by atoms with Crippen LogP contribution in [0.15, 0.2) is 48.5 Å². The number of benzene rings is 2. The van der Waals surface area contributed by atoms with Crippen LogP contribution in [-0.2, 0) is 22.3 Å². The van der Waals surface area contributed by atoms with Crippen LogP contribution < -0.4 is 5.32 Å². The van der Waals surface area contributed by atoms with E-state index < -0.39 is 23.9 Å². The molecule has 1 fully saturated rings. The Bertz CT molecular complexity index is 901. The third-order valence-corrected chi connectivity index (χ3v) is 4.66. The number of carbonyl (C=O) groups is 2. The molecule has 1 atom stereocenters. The molecule has 166 valence electrons. The fourth-order valence-electron chi connectivity index (χ4n) is 2.96. The maximum absolute atomic E-state index is 12.6. The lowest BCUT2D eigenvalue weighted by Gasteiger charge is -2.32. The van der Waals surface area contributed by atoms with Crippen molar-refractivity contribution >= 4 is 12.0 Å². The molecule has 1 aliphatic rings. The van der Waals surface area contributed by atoms with Crippen LogP contribution in [0.3, 0.4) is 0 Å². The van der Waals surface area contributed by atoms with Crippen molar-refractivity contribution in [2.75, 3.05) is 26.2 Å². The van der Waals surface area contributed by atoms with Gasteiger partial charge in [0.25, 0.3) is 5.91 Å². The minimum atomic E-state index is -4.42. The zero-order chi connectivity index (χ0) is 22.4. The second-order valence-corrected chi connectivity index (χ2v) is 6.94. The molecule has 3 rings (SSSR count). The molecule has 1 heterocycles. The van der Waals surface area contributed by atoms with Gasteiger partial charge in [-0.05, 0) is 42.0 Å². The van der Waals surface area contributed by atoms with Crippen molar-refractivity contribution in [3.63, 3.8) is 0 Å². The number of carbonyl (C=O) groups excluding carboxylic acids is 2. The largest absolute Gasteiger partial charge is 0.508 e. The maximum Gasteiger partial charge on any atom is 0.416 e. The Balaban J connectivity index is 1.45. The predicted octanol–water partition coefficient (Wildman–Crippen LogP) is 3.18. The molecule has 1 saturated heterocycles. The highest BCUT2D eigenvalue weighted by molar-refractivity contribution is 5.94. The van der Waals surface area contributed by atoms with Gasteiger partial charge in [-0.2, -0.15) is 13.2 Å². The monoisotopic (exact) mass is 438 g/mol. The molecule has 0 radical (unpaired) electrons. The Kier molecular flexibility index (Phi) is 7.01. The van der Waals surface area contributed by atoms with E-state index in [0.29, 0.717) is 17.7 Å². The molecule has 0 spiro atoms. The smallest absolute Gasteiger partial charge is 0.416 e. The van der Waals surface area contributed by atoms with E-state index in [-0.39, 0.29) is 38.0 Å². The van der Waals surface area contributed by atoms with E-state index in [1.165, 1.54) is 41.3 Å². The van der Waals surface area contributed by atoms with Crippen molar-refractivity contribution in [3.05, 3.63) is 65.2 Å². The summed E-state index contributed by atoms with van der Waals surface area (Å²) < 4.78 is 48.5. The molecule has 2 aromatic carbocycles. The van der Waals surface area contributed by atoms with Gasteiger partial charge >= 0.3 is 12.3 Å². The van der Waals surface area contributed by atoms with Crippen LogP contribution in [-0.4, -0.2) is 54.4 Å². The van der Waals surface area contributed by atoms with Gasteiger partial charge in [0, 0.05) is 18.7 Å². The number of amides is 2. The van der Waals surface area contributed by atoms with Gasteiger partial charge in [-0.25, -0.2) is 4.79 Å². The van der Waals surface area contributed by atoms with Gasteiger partial charge < -0.3 is 24.8 Å². The summed E-state index contributed by atoms with van der Waals surface area (Å²) in [5.74, 6) is -0.289. The highest BCUT2D eigenvalue weighted by atomic mass is 19.4. The van der Waals surface area contributed by atoms with Gasteiger partial charge in [0.2, 0.25) is 0 Å². The quantitative estimate of drug-likeness (QED) is 0.749. The summed E-state index contributed by atoms with van der Waals surface area (Å²) >= 11 is 0. The zero-order valence-electron chi connectivity index (χ0n) is 16.4. The molecule has 31 heavy (non-hydrogen) atoms. The minimum absolute atomic E-state index is 0.0533. The van der Waals surface area contributed by atoms with E-state index in [1.807, 2.05) is 0 Å². The number of morpholine rings is 1. The number of nitrogens with one attached hydrogen (secondary N) is 1. The Morgan fingerprint density at radius 2 is 1.81 bits per heavy atom. The number of nitrogens with zero attached hydrogens (tertiary/aromatic N) is 1. The van der Waals surface area contributed by atoms with Gasteiger partial charge in [-0.15, -0.1) is 0 Å². The summed E-state index contributed by atoms with van der Waals surface area (Å²) in [6, 6.07) is 10.2.